The van der Waals surface area contributed by atoms with E-state index in [1.165, 1.54) is 0 Å². The number of benzene rings is 1. The van der Waals surface area contributed by atoms with Crippen LogP contribution in [0.2, 0.25) is 5.02 Å². The molecule has 2 rings (SSSR count). The minimum Gasteiger partial charge on any atom is -0.388 e. The second-order valence-corrected chi connectivity index (χ2v) is 5.28. The molecule has 1 aliphatic rings. The van der Waals surface area contributed by atoms with E-state index in [1.54, 1.807) is 0 Å². The lowest BCUT2D eigenvalue weighted by molar-refractivity contribution is 0.0940. The molecule has 1 heterocycles. The number of rotatable bonds is 5. The zero-order valence-electron chi connectivity index (χ0n) is 10.5. The standard InChI is InChI=1S/C14H17ClF2O2/c15-11-8-12(16)10(7-13(11)17)14(18)5-1-3-9-4-2-6-19-9/h7-9,14,18H,1-6H2. The second-order valence-electron chi connectivity index (χ2n) is 4.87. The molecule has 2 atom stereocenters. The van der Waals surface area contributed by atoms with E-state index in [9.17, 15) is 13.9 Å². The Morgan fingerprint density at radius 1 is 1.37 bits per heavy atom. The van der Waals surface area contributed by atoms with Crippen molar-refractivity contribution in [1.82, 2.24) is 0 Å². The monoisotopic (exact) mass is 290 g/mol. The summed E-state index contributed by atoms with van der Waals surface area (Å²) in [6, 6.07) is 1.87. The highest BCUT2D eigenvalue weighted by atomic mass is 35.5. The number of aliphatic hydroxyl groups excluding tert-OH is 1. The largest absolute Gasteiger partial charge is 0.388 e. The molecule has 0 amide bonds. The van der Waals surface area contributed by atoms with Gasteiger partial charge in [-0.15, -0.1) is 0 Å². The van der Waals surface area contributed by atoms with Crippen LogP contribution >= 0.6 is 11.6 Å². The summed E-state index contributed by atoms with van der Waals surface area (Å²) in [6.07, 6.45) is 3.30. The van der Waals surface area contributed by atoms with Crippen LogP contribution in [0.4, 0.5) is 8.78 Å². The molecule has 0 bridgehead atoms. The quantitative estimate of drug-likeness (QED) is 0.831. The molecule has 0 radical (unpaired) electrons. The smallest absolute Gasteiger partial charge is 0.142 e. The van der Waals surface area contributed by atoms with Gasteiger partial charge in [-0.25, -0.2) is 8.78 Å². The second kappa shape index (κ2) is 6.64. The Kier molecular flexibility index (Phi) is 5.13. The minimum atomic E-state index is -1.01. The zero-order chi connectivity index (χ0) is 13.8. The van der Waals surface area contributed by atoms with Crippen LogP contribution in [0.25, 0.3) is 0 Å². The Hall–Kier alpha value is -0.710. The molecule has 1 saturated heterocycles. The topological polar surface area (TPSA) is 29.5 Å². The highest BCUT2D eigenvalue weighted by Gasteiger charge is 2.18. The van der Waals surface area contributed by atoms with Gasteiger partial charge in [0.05, 0.1) is 17.2 Å². The molecule has 106 valence electrons. The highest BCUT2D eigenvalue weighted by molar-refractivity contribution is 6.30. The number of hydrogen-bond acceptors (Lipinski definition) is 2. The van der Waals surface area contributed by atoms with Crippen LogP contribution in [-0.4, -0.2) is 17.8 Å². The first-order chi connectivity index (χ1) is 9.08. The van der Waals surface area contributed by atoms with Gasteiger partial charge >= 0.3 is 0 Å². The summed E-state index contributed by atoms with van der Waals surface area (Å²) in [5, 5.41) is 9.63. The van der Waals surface area contributed by atoms with E-state index in [0.29, 0.717) is 6.42 Å². The molecule has 1 aromatic rings. The van der Waals surface area contributed by atoms with E-state index in [4.69, 9.17) is 16.3 Å². The van der Waals surface area contributed by atoms with Gasteiger partial charge in [-0.05, 0) is 44.2 Å². The molecule has 2 unspecified atom stereocenters. The predicted octanol–water partition coefficient (Wildman–Crippen LogP) is 4.00. The van der Waals surface area contributed by atoms with Crippen LogP contribution in [0, 0.1) is 11.6 Å². The average Bonchev–Trinajstić information content (AvgIpc) is 2.86. The molecular formula is C14H17ClF2O2. The number of ether oxygens (including phenoxy) is 1. The molecule has 1 N–H and O–H groups in total. The van der Waals surface area contributed by atoms with Gasteiger partial charge in [0.15, 0.2) is 0 Å². The average molecular weight is 291 g/mol. The third kappa shape index (κ3) is 3.88. The van der Waals surface area contributed by atoms with Gasteiger partial charge in [0.2, 0.25) is 0 Å². The number of halogens is 3. The van der Waals surface area contributed by atoms with Crippen LogP contribution in [0.5, 0.6) is 0 Å². The molecule has 1 fully saturated rings. The van der Waals surface area contributed by atoms with E-state index in [-0.39, 0.29) is 16.7 Å². The summed E-state index contributed by atoms with van der Waals surface area (Å²) in [6.45, 7) is 0.796. The molecular weight excluding hydrogens is 274 g/mol. The van der Waals surface area contributed by atoms with Crippen LogP contribution in [-0.2, 0) is 4.74 Å². The van der Waals surface area contributed by atoms with Gasteiger partial charge in [0.25, 0.3) is 0 Å². The van der Waals surface area contributed by atoms with E-state index < -0.39 is 17.7 Å². The van der Waals surface area contributed by atoms with Gasteiger partial charge in [-0.1, -0.05) is 11.6 Å². The van der Waals surface area contributed by atoms with Gasteiger partial charge in [-0.3, -0.25) is 0 Å². The van der Waals surface area contributed by atoms with Crippen molar-refractivity contribution in [2.24, 2.45) is 0 Å². The van der Waals surface area contributed by atoms with E-state index in [2.05, 4.69) is 0 Å². The number of aliphatic hydroxyl groups is 1. The fourth-order valence-corrected chi connectivity index (χ4v) is 2.51. The summed E-state index contributed by atoms with van der Waals surface area (Å²) in [5.41, 5.74) is -0.0331. The normalized spacial score (nSPS) is 20.7. The summed E-state index contributed by atoms with van der Waals surface area (Å²) in [7, 11) is 0. The first-order valence-corrected chi connectivity index (χ1v) is 6.90. The summed E-state index contributed by atoms with van der Waals surface area (Å²) >= 11 is 5.47. The van der Waals surface area contributed by atoms with Crippen LogP contribution < -0.4 is 0 Å². The van der Waals surface area contributed by atoms with Gasteiger partial charge in [0.1, 0.15) is 11.6 Å². The molecule has 1 aliphatic heterocycles. The van der Waals surface area contributed by atoms with Crippen LogP contribution in [0.15, 0.2) is 12.1 Å². The molecule has 0 saturated carbocycles. The maximum Gasteiger partial charge on any atom is 0.142 e. The Morgan fingerprint density at radius 2 is 2.16 bits per heavy atom. The van der Waals surface area contributed by atoms with Crippen molar-refractivity contribution >= 4 is 11.6 Å². The van der Waals surface area contributed by atoms with Gasteiger partial charge in [0, 0.05) is 12.2 Å². The number of hydrogen-bond donors (Lipinski definition) is 1. The minimum absolute atomic E-state index is 0.0331. The highest BCUT2D eigenvalue weighted by Crippen LogP contribution is 2.28. The van der Waals surface area contributed by atoms with Crippen molar-refractivity contribution in [2.45, 2.75) is 44.3 Å². The first-order valence-electron chi connectivity index (χ1n) is 6.52. The van der Waals surface area contributed by atoms with Gasteiger partial charge in [-0.2, -0.15) is 0 Å². The van der Waals surface area contributed by atoms with E-state index in [0.717, 1.165) is 44.4 Å². The van der Waals surface area contributed by atoms with Crippen molar-refractivity contribution in [3.63, 3.8) is 0 Å². The Balaban J connectivity index is 1.88. The maximum absolute atomic E-state index is 13.6. The Labute approximate surface area is 116 Å². The molecule has 19 heavy (non-hydrogen) atoms. The fourth-order valence-electron chi connectivity index (χ4n) is 2.36. The summed E-state index contributed by atoms with van der Waals surface area (Å²) in [4.78, 5) is 0. The Bertz CT molecular complexity index is 434. The third-order valence-electron chi connectivity index (χ3n) is 3.43. The molecule has 2 nitrogen and oxygen atoms in total. The van der Waals surface area contributed by atoms with E-state index in [1.807, 2.05) is 0 Å². The summed E-state index contributed by atoms with van der Waals surface area (Å²) in [5.74, 6) is -1.38. The molecule has 0 spiro atoms. The van der Waals surface area contributed by atoms with Crippen LogP contribution in [0.3, 0.4) is 0 Å². The fraction of sp³-hybridized carbons (Fsp3) is 0.571. The third-order valence-corrected chi connectivity index (χ3v) is 3.72. The first kappa shape index (κ1) is 14.7. The molecule has 0 aliphatic carbocycles. The zero-order valence-corrected chi connectivity index (χ0v) is 11.3. The van der Waals surface area contributed by atoms with Gasteiger partial charge < -0.3 is 9.84 Å². The predicted molar refractivity (Wildman–Crippen MR) is 69.2 cm³/mol. The van der Waals surface area contributed by atoms with E-state index >= 15 is 0 Å². The maximum atomic E-state index is 13.6. The Morgan fingerprint density at radius 3 is 2.84 bits per heavy atom. The molecule has 5 heteroatoms. The molecule has 0 aromatic heterocycles. The lowest BCUT2D eigenvalue weighted by atomic mass is 10.0. The van der Waals surface area contributed by atoms with Crippen molar-refractivity contribution in [1.29, 1.82) is 0 Å². The SMILES string of the molecule is OC(CCCC1CCCO1)c1cc(F)c(Cl)cc1F. The lowest BCUT2D eigenvalue weighted by Gasteiger charge is -2.14. The molecule has 1 aromatic carbocycles. The van der Waals surface area contributed by atoms with Crippen molar-refractivity contribution in [3.8, 4) is 0 Å². The summed E-state index contributed by atoms with van der Waals surface area (Å²) < 4.78 is 32.3. The lowest BCUT2D eigenvalue weighted by Crippen LogP contribution is -2.07. The van der Waals surface area contributed by atoms with Crippen molar-refractivity contribution in [3.05, 3.63) is 34.4 Å². The van der Waals surface area contributed by atoms with Crippen LogP contribution in [0.1, 0.15) is 43.8 Å². The van der Waals surface area contributed by atoms with Crippen molar-refractivity contribution < 1.29 is 18.6 Å². The van der Waals surface area contributed by atoms with Crippen molar-refractivity contribution in [2.75, 3.05) is 6.61 Å².